The molecule has 8 nitrogen and oxygen atoms in total. The molecule has 0 spiro atoms. The van der Waals surface area contributed by atoms with Gasteiger partial charge in [-0.2, -0.15) is 0 Å². The second-order valence-corrected chi connectivity index (χ2v) is 11.8. The first kappa shape index (κ1) is 26.8. The molecule has 40 heavy (non-hydrogen) atoms. The van der Waals surface area contributed by atoms with E-state index < -0.39 is 0 Å². The zero-order valence-electron chi connectivity index (χ0n) is 21.9. The summed E-state index contributed by atoms with van der Waals surface area (Å²) in [5.74, 6) is 1.76. The second kappa shape index (κ2) is 12.0. The maximum Gasteiger partial charge on any atom is 0.273 e. The number of amides is 1. The lowest BCUT2D eigenvalue weighted by atomic mass is 10.2. The molecule has 3 aromatic heterocycles. The number of rotatable bonds is 8. The standard InChI is InChI=1S/C29H27ClN6O2S2/c1-20-9-10-22(30)16-24(20)36-27(25-8-5-15-38-25)32-33-29(36)40-19-26-31-23(18-39-26)28(37)35-13-11-34(12-14-35)17-21-6-3-2-4-7-21/h2-10,15-16,18H,11-14,17,19H2,1H3. The van der Waals surface area contributed by atoms with E-state index >= 15 is 0 Å². The molecule has 0 saturated carbocycles. The fourth-order valence-electron chi connectivity index (χ4n) is 4.68. The molecular formula is C29H27ClN6O2S2. The summed E-state index contributed by atoms with van der Waals surface area (Å²) in [7, 11) is 0. The molecule has 0 radical (unpaired) electrons. The van der Waals surface area contributed by atoms with Gasteiger partial charge in [0, 0.05) is 43.1 Å². The maximum atomic E-state index is 13.2. The molecule has 0 atom stereocenters. The van der Waals surface area contributed by atoms with Crippen LogP contribution in [0, 0.1) is 6.92 Å². The highest BCUT2D eigenvalue weighted by atomic mass is 35.5. The highest BCUT2D eigenvalue weighted by Gasteiger charge is 2.25. The van der Waals surface area contributed by atoms with Gasteiger partial charge in [0.05, 0.1) is 17.7 Å². The fraction of sp³-hybridized carbons (Fsp3) is 0.241. The van der Waals surface area contributed by atoms with E-state index in [1.165, 1.54) is 28.7 Å². The molecule has 4 heterocycles. The lowest BCUT2D eigenvalue weighted by molar-refractivity contribution is 0.0623. The molecule has 5 aromatic rings. The summed E-state index contributed by atoms with van der Waals surface area (Å²) in [6.07, 6.45) is 1.61. The summed E-state index contributed by atoms with van der Waals surface area (Å²) in [4.78, 5) is 22.2. The van der Waals surface area contributed by atoms with Crippen molar-refractivity contribution >= 4 is 40.6 Å². The van der Waals surface area contributed by atoms with E-state index in [1.54, 1.807) is 6.26 Å². The van der Waals surface area contributed by atoms with Crippen LogP contribution in [0.2, 0.25) is 5.02 Å². The summed E-state index contributed by atoms with van der Waals surface area (Å²) in [6, 6.07) is 19.9. The minimum atomic E-state index is -0.00955. The number of aromatic nitrogens is 4. The average molecular weight is 591 g/mol. The molecule has 0 aliphatic carbocycles. The summed E-state index contributed by atoms with van der Waals surface area (Å²) in [5, 5.41) is 12.9. The third kappa shape index (κ3) is 5.85. The van der Waals surface area contributed by atoms with Gasteiger partial charge in [-0.25, -0.2) is 4.98 Å². The van der Waals surface area contributed by atoms with Crippen molar-refractivity contribution in [2.24, 2.45) is 0 Å². The first-order valence-electron chi connectivity index (χ1n) is 12.9. The van der Waals surface area contributed by atoms with Crippen LogP contribution in [-0.4, -0.2) is 61.6 Å². The van der Waals surface area contributed by atoms with E-state index in [4.69, 9.17) is 16.0 Å². The van der Waals surface area contributed by atoms with Gasteiger partial charge in [-0.15, -0.1) is 21.5 Å². The zero-order valence-corrected chi connectivity index (χ0v) is 24.3. The van der Waals surface area contributed by atoms with E-state index in [1.807, 2.05) is 58.2 Å². The topological polar surface area (TPSA) is 80.3 Å². The van der Waals surface area contributed by atoms with Crippen molar-refractivity contribution in [1.82, 2.24) is 29.5 Å². The molecule has 0 unspecified atom stereocenters. The SMILES string of the molecule is Cc1ccc(Cl)cc1-n1c(SCc2nc(C(=O)N3CCN(Cc4ccccc4)CC3)cs2)nnc1-c1ccco1. The smallest absolute Gasteiger partial charge is 0.273 e. The Morgan fingerprint density at radius 3 is 2.65 bits per heavy atom. The normalized spacial score (nSPS) is 14.1. The highest BCUT2D eigenvalue weighted by Crippen LogP contribution is 2.33. The number of hydrogen-bond donors (Lipinski definition) is 0. The quantitative estimate of drug-likeness (QED) is 0.199. The van der Waals surface area contributed by atoms with Crippen molar-refractivity contribution in [1.29, 1.82) is 0 Å². The minimum absolute atomic E-state index is 0.00955. The number of hydrogen-bond acceptors (Lipinski definition) is 8. The fourth-order valence-corrected chi connectivity index (χ4v) is 6.58. The number of aryl methyl sites for hydroxylation is 1. The van der Waals surface area contributed by atoms with Gasteiger partial charge in [-0.05, 0) is 42.3 Å². The van der Waals surface area contributed by atoms with E-state index in [-0.39, 0.29) is 5.91 Å². The molecule has 1 saturated heterocycles. The third-order valence-corrected chi connectivity index (χ3v) is 9.00. The predicted octanol–water partition coefficient (Wildman–Crippen LogP) is 6.20. The number of carbonyl (C=O) groups is 1. The van der Waals surface area contributed by atoms with Crippen molar-refractivity contribution in [3.63, 3.8) is 0 Å². The Bertz CT molecular complexity index is 1590. The number of piperazine rings is 1. The lowest BCUT2D eigenvalue weighted by Crippen LogP contribution is -2.48. The van der Waals surface area contributed by atoms with Crippen LogP contribution in [0.3, 0.4) is 0 Å². The number of carbonyl (C=O) groups excluding carboxylic acids is 1. The van der Waals surface area contributed by atoms with Crippen LogP contribution in [-0.2, 0) is 12.3 Å². The van der Waals surface area contributed by atoms with Gasteiger partial charge in [-0.3, -0.25) is 14.3 Å². The maximum absolute atomic E-state index is 13.2. The highest BCUT2D eigenvalue weighted by molar-refractivity contribution is 7.98. The van der Waals surface area contributed by atoms with Gasteiger partial charge in [0.1, 0.15) is 10.7 Å². The molecule has 0 bridgehead atoms. The van der Waals surface area contributed by atoms with Crippen molar-refractivity contribution in [2.75, 3.05) is 26.2 Å². The van der Waals surface area contributed by atoms with Gasteiger partial charge in [-0.1, -0.05) is 59.8 Å². The minimum Gasteiger partial charge on any atom is -0.461 e. The second-order valence-electron chi connectivity index (χ2n) is 9.52. The van der Waals surface area contributed by atoms with Crippen molar-refractivity contribution in [3.8, 4) is 17.3 Å². The molecule has 1 fully saturated rings. The molecular weight excluding hydrogens is 564 g/mol. The number of halogens is 1. The van der Waals surface area contributed by atoms with E-state index in [0.29, 0.717) is 46.3 Å². The number of thioether (sulfide) groups is 1. The Labute approximate surface area is 245 Å². The van der Waals surface area contributed by atoms with Gasteiger partial charge in [0.2, 0.25) is 5.82 Å². The van der Waals surface area contributed by atoms with E-state index in [0.717, 1.165) is 35.9 Å². The molecule has 1 aliphatic rings. The zero-order chi connectivity index (χ0) is 27.5. The molecule has 1 amide bonds. The van der Waals surface area contributed by atoms with E-state index in [2.05, 4.69) is 44.3 Å². The Hall–Kier alpha value is -3.44. The molecule has 1 aliphatic heterocycles. The first-order chi connectivity index (χ1) is 19.5. The van der Waals surface area contributed by atoms with E-state index in [9.17, 15) is 4.79 Å². The summed E-state index contributed by atoms with van der Waals surface area (Å²) in [6.45, 7) is 6.03. The van der Waals surface area contributed by atoms with Gasteiger partial charge < -0.3 is 9.32 Å². The number of benzene rings is 2. The van der Waals surface area contributed by atoms with Gasteiger partial charge in [0.15, 0.2) is 10.9 Å². The van der Waals surface area contributed by atoms with Crippen LogP contribution in [0.4, 0.5) is 0 Å². The number of thiazole rings is 1. The van der Waals surface area contributed by atoms with Crippen molar-refractivity contribution in [3.05, 3.63) is 99.2 Å². The molecule has 11 heteroatoms. The molecule has 0 N–H and O–H groups in total. The summed E-state index contributed by atoms with van der Waals surface area (Å²) in [5.41, 5.74) is 3.71. The molecule has 2 aromatic carbocycles. The summed E-state index contributed by atoms with van der Waals surface area (Å²) < 4.78 is 7.59. The third-order valence-electron chi connectivity index (χ3n) is 6.79. The first-order valence-corrected chi connectivity index (χ1v) is 15.2. The largest absolute Gasteiger partial charge is 0.461 e. The Kier molecular flexibility index (Phi) is 8.01. The lowest BCUT2D eigenvalue weighted by Gasteiger charge is -2.34. The number of nitrogens with zero attached hydrogens (tertiary/aromatic N) is 6. The molecule has 6 rings (SSSR count). The average Bonchev–Trinajstić information content (AvgIpc) is 3.75. The van der Waals surface area contributed by atoms with Crippen LogP contribution in [0.1, 0.15) is 26.6 Å². The van der Waals surface area contributed by atoms with Crippen LogP contribution in [0.25, 0.3) is 17.3 Å². The van der Waals surface area contributed by atoms with Crippen LogP contribution >= 0.6 is 34.7 Å². The van der Waals surface area contributed by atoms with Crippen LogP contribution < -0.4 is 0 Å². The van der Waals surface area contributed by atoms with Gasteiger partial charge >= 0.3 is 0 Å². The predicted molar refractivity (Wildman–Crippen MR) is 158 cm³/mol. The Balaban J connectivity index is 1.12. The van der Waals surface area contributed by atoms with Crippen molar-refractivity contribution < 1.29 is 9.21 Å². The Morgan fingerprint density at radius 1 is 1.05 bits per heavy atom. The van der Waals surface area contributed by atoms with Crippen LogP contribution in [0.15, 0.2) is 81.9 Å². The molecule has 204 valence electrons. The van der Waals surface area contributed by atoms with Crippen molar-refractivity contribution in [2.45, 2.75) is 24.4 Å². The number of furan rings is 1. The van der Waals surface area contributed by atoms with Crippen LogP contribution in [0.5, 0.6) is 0 Å². The summed E-state index contributed by atoms with van der Waals surface area (Å²) >= 11 is 9.34. The monoisotopic (exact) mass is 590 g/mol. The van der Waals surface area contributed by atoms with Gasteiger partial charge in [0.25, 0.3) is 5.91 Å². The Morgan fingerprint density at radius 2 is 1.88 bits per heavy atom.